The molecule has 0 saturated carbocycles. The van der Waals surface area contributed by atoms with Crippen LogP contribution in [0, 0.1) is 0 Å². The predicted molar refractivity (Wildman–Crippen MR) is 113 cm³/mol. The molecule has 0 aromatic heterocycles. The van der Waals surface area contributed by atoms with E-state index in [1.807, 2.05) is 54.6 Å². The maximum absolute atomic E-state index is 13.2. The van der Waals surface area contributed by atoms with Crippen LogP contribution >= 0.6 is 11.6 Å². The molecule has 2 aliphatic rings. The van der Waals surface area contributed by atoms with Crippen molar-refractivity contribution >= 4 is 51.9 Å². The van der Waals surface area contributed by atoms with E-state index in [1.54, 1.807) is 23.1 Å². The molecule has 0 radical (unpaired) electrons. The number of halogens is 1. The molecule has 0 aliphatic carbocycles. The van der Waals surface area contributed by atoms with Crippen LogP contribution < -0.4 is 10.2 Å². The van der Waals surface area contributed by atoms with Gasteiger partial charge in [-0.3, -0.25) is 14.5 Å². The molecule has 2 aliphatic heterocycles. The van der Waals surface area contributed by atoms with E-state index < -0.39 is 0 Å². The second kappa shape index (κ2) is 6.68. The molecule has 0 saturated heterocycles. The monoisotopic (exact) mass is 400 g/mol. The van der Waals surface area contributed by atoms with E-state index in [0.717, 1.165) is 11.4 Å². The molecule has 3 aromatic rings. The fraction of sp³-hybridized carbons (Fsp3) is 0. The van der Waals surface area contributed by atoms with Gasteiger partial charge in [0.05, 0.1) is 11.4 Å². The Balaban J connectivity index is 1.61. The molecular weight excluding hydrogens is 388 g/mol. The molecule has 2 heterocycles. The summed E-state index contributed by atoms with van der Waals surface area (Å²) in [6, 6.07) is 21.7. The number of nitrogens with zero attached hydrogens (tertiary/aromatic N) is 3. The van der Waals surface area contributed by atoms with Crippen molar-refractivity contribution in [3.8, 4) is 0 Å². The van der Waals surface area contributed by atoms with Gasteiger partial charge in [0.25, 0.3) is 11.8 Å². The largest absolute Gasteiger partial charge is 0.320 e. The Bertz CT molecular complexity index is 1230. The standard InChI is InChI=1S/C22H13ClN4O2/c23-13-10-11-17-16(12-13)19(21(28)24-17)25-26-20-15-8-4-5-9-18(15)27(22(20)29)14-6-2-1-3-7-14/h1-12H,(H,24,25,28). The zero-order chi connectivity index (χ0) is 20.0. The number of anilines is 3. The highest BCUT2D eigenvalue weighted by Crippen LogP contribution is 2.35. The van der Waals surface area contributed by atoms with Crippen LogP contribution in [-0.4, -0.2) is 23.2 Å². The average Bonchev–Trinajstić information content (AvgIpc) is 3.19. The van der Waals surface area contributed by atoms with Gasteiger partial charge in [-0.15, -0.1) is 10.2 Å². The van der Waals surface area contributed by atoms with Crippen molar-refractivity contribution in [3.63, 3.8) is 0 Å². The van der Waals surface area contributed by atoms with Gasteiger partial charge in [-0.05, 0) is 36.4 Å². The SMILES string of the molecule is O=C1Nc2ccc(Cl)cc2C1=NN=C1C(=O)N(c2ccccc2)c2ccccc21. The predicted octanol–water partition coefficient (Wildman–Crippen LogP) is 4.16. The minimum Gasteiger partial charge on any atom is -0.320 e. The Labute approximate surface area is 171 Å². The lowest BCUT2D eigenvalue weighted by molar-refractivity contribution is -0.112. The molecule has 140 valence electrons. The van der Waals surface area contributed by atoms with Crippen LogP contribution in [0.15, 0.2) is 83.0 Å². The third-order valence-electron chi connectivity index (χ3n) is 4.77. The highest BCUT2D eigenvalue weighted by molar-refractivity contribution is 6.56. The molecule has 0 fully saturated rings. The summed E-state index contributed by atoms with van der Waals surface area (Å²) in [5, 5.41) is 11.5. The van der Waals surface area contributed by atoms with E-state index in [-0.39, 0.29) is 23.2 Å². The lowest BCUT2D eigenvalue weighted by Crippen LogP contribution is -2.25. The van der Waals surface area contributed by atoms with Crippen LogP contribution in [0.5, 0.6) is 0 Å². The number of hydrogen-bond acceptors (Lipinski definition) is 4. The van der Waals surface area contributed by atoms with Gasteiger partial charge < -0.3 is 5.32 Å². The first-order valence-corrected chi connectivity index (χ1v) is 9.27. The normalized spacial score (nSPS) is 17.6. The molecule has 0 bridgehead atoms. The van der Waals surface area contributed by atoms with Crippen LogP contribution in [0.2, 0.25) is 5.02 Å². The van der Waals surface area contributed by atoms with E-state index in [1.165, 1.54) is 0 Å². The van der Waals surface area contributed by atoms with Crippen LogP contribution in [0.1, 0.15) is 11.1 Å². The second-order valence-corrected chi connectivity index (χ2v) is 6.97. The topological polar surface area (TPSA) is 74.1 Å². The molecule has 2 amide bonds. The summed E-state index contributed by atoms with van der Waals surface area (Å²) in [6.07, 6.45) is 0. The number of carbonyl (C=O) groups is 2. The molecular formula is C22H13ClN4O2. The highest BCUT2D eigenvalue weighted by atomic mass is 35.5. The Morgan fingerprint density at radius 1 is 0.793 bits per heavy atom. The first-order chi connectivity index (χ1) is 14.1. The number of carbonyl (C=O) groups excluding carboxylic acids is 2. The van der Waals surface area contributed by atoms with Gasteiger partial charge in [-0.1, -0.05) is 48.0 Å². The smallest absolute Gasteiger partial charge is 0.284 e. The maximum Gasteiger partial charge on any atom is 0.284 e. The fourth-order valence-corrected chi connectivity index (χ4v) is 3.63. The Morgan fingerprint density at radius 3 is 2.34 bits per heavy atom. The number of amides is 2. The summed E-state index contributed by atoms with van der Waals surface area (Å²) in [4.78, 5) is 27.1. The molecule has 29 heavy (non-hydrogen) atoms. The van der Waals surface area contributed by atoms with Crippen molar-refractivity contribution < 1.29 is 9.59 Å². The highest BCUT2D eigenvalue weighted by Gasteiger charge is 2.35. The Kier molecular flexibility index (Phi) is 4.00. The van der Waals surface area contributed by atoms with E-state index >= 15 is 0 Å². The van der Waals surface area contributed by atoms with E-state index in [4.69, 9.17) is 11.6 Å². The van der Waals surface area contributed by atoms with Crippen molar-refractivity contribution in [2.24, 2.45) is 10.2 Å². The van der Waals surface area contributed by atoms with Crippen LogP contribution in [0.25, 0.3) is 0 Å². The van der Waals surface area contributed by atoms with Gasteiger partial charge in [0.2, 0.25) is 0 Å². The number of rotatable bonds is 2. The number of para-hydroxylation sites is 2. The molecule has 5 rings (SSSR count). The summed E-state index contributed by atoms with van der Waals surface area (Å²) in [5.41, 5.74) is 3.60. The zero-order valence-electron chi connectivity index (χ0n) is 15.0. The number of hydrogen-bond donors (Lipinski definition) is 1. The first kappa shape index (κ1) is 17.3. The van der Waals surface area contributed by atoms with Gasteiger partial charge in [0.1, 0.15) is 0 Å². The van der Waals surface area contributed by atoms with Crippen molar-refractivity contribution in [2.75, 3.05) is 10.2 Å². The van der Waals surface area contributed by atoms with Crippen LogP contribution in [0.4, 0.5) is 17.1 Å². The quantitative estimate of drug-likeness (QED) is 0.656. The van der Waals surface area contributed by atoms with Gasteiger partial charge in [0, 0.05) is 21.8 Å². The molecule has 6 nitrogen and oxygen atoms in total. The van der Waals surface area contributed by atoms with Crippen molar-refractivity contribution in [3.05, 3.63) is 88.9 Å². The molecule has 0 spiro atoms. The summed E-state index contributed by atoms with van der Waals surface area (Å²) >= 11 is 6.05. The number of nitrogens with one attached hydrogen (secondary N) is 1. The minimum atomic E-state index is -0.384. The van der Waals surface area contributed by atoms with Crippen LogP contribution in [-0.2, 0) is 9.59 Å². The van der Waals surface area contributed by atoms with E-state index in [0.29, 0.717) is 21.8 Å². The lowest BCUT2D eigenvalue weighted by atomic mass is 10.1. The van der Waals surface area contributed by atoms with Crippen molar-refractivity contribution in [1.29, 1.82) is 0 Å². The summed E-state index contributed by atoms with van der Waals surface area (Å²) < 4.78 is 0. The van der Waals surface area contributed by atoms with Gasteiger partial charge in [0.15, 0.2) is 11.4 Å². The zero-order valence-corrected chi connectivity index (χ0v) is 15.7. The van der Waals surface area contributed by atoms with Gasteiger partial charge in [-0.25, -0.2) is 0 Å². The van der Waals surface area contributed by atoms with Gasteiger partial charge in [-0.2, -0.15) is 0 Å². The maximum atomic E-state index is 13.2. The molecule has 0 atom stereocenters. The van der Waals surface area contributed by atoms with E-state index in [9.17, 15) is 9.59 Å². The molecule has 3 aromatic carbocycles. The lowest BCUT2D eigenvalue weighted by Gasteiger charge is -2.16. The fourth-order valence-electron chi connectivity index (χ4n) is 3.45. The average molecular weight is 401 g/mol. The third kappa shape index (κ3) is 2.81. The molecule has 7 heteroatoms. The molecule has 0 unspecified atom stereocenters. The summed E-state index contributed by atoms with van der Waals surface area (Å²) in [6.45, 7) is 0. The van der Waals surface area contributed by atoms with Gasteiger partial charge >= 0.3 is 0 Å². The van der Waals surface area contributed by atoms with Crippen molar-refractivity contribution in [2.45, 2.75) is 0 Å². The number of fused-ring (bicyclic) bond motifs is 2. The molecule has 1 N–H and O–H groups in total. The Morgan fingerprint density at radius 2 is 1.52 bits per heavy atom. The Hall–Kier alpha value is -3.77. The number of benzene rings is 3. The summed E-state index contributed by atoms with van der Waals surface area (Å²) in [5.74, 6) is -0.684. The summed E-state index contributed by atoms with van der Waals surface area (Å²) in [7, 11) is 0. The van der Waals surface area contributed by atoms with Crippen LogP contribution in [0.3, 0.4) is 0 Å². The minimum absolute atomic E-state index is 0.124. The second-order valence-electron chi connectivity index (χ2n) is 6.53. The van der Waals surface area contributed by atoms with E-state index in [2.05, 4.69) is 15.5 Å². The first-order valence-electron chi connectivity index (χ1n) is 8.89. The third-order valence-corrected chi connectivity index (χ3v) is 5.01. The van der Waals surface area contributed by atoms with Crippen molar-refractivity contribution in [1.82, 2.24) is 0 Å².